The van der Waals surface area contributed by atoms with Gasteiger partial charge < -0.3 is 17.7 Å². The molecule has 0 fully saturated rings. The van der Waals surface area contributed by atoms with E-state index in [9.17, 15) is 0 Å². The van der Waals surface area contributed by atoms with Gasteiger partial charge in [0, 0.05) is 13.0 Å². The molecule has 4 aromatic rings. The molecule has 4 rings (SSSR count). The zero-order valence-corrected chi connectivity index (χ0v) is 28.2. The van der Waals surface area contributed by atoms with E-state index in [1.54, 1.807) is 0 Å². The SMILES string of the molecule is C#C[C@H](CCO[Si](OC(C)(C)C)(c1ccccc1)c1ccccc1)O[Si](OC(C)(C)C)(c1ccccc1)c1ccccc1. The zero-order chi connectivity index (χ0) is 31.0. The molecule has 0 saturated heterocycles. The molecule has 0 aliphatic carbocycles. The third-order valence-electron chi connectivity index (χ3n) is 6.69. The Balaban J connectivity index is 1.70. The summed E-state index contributed by atoms with van der Waals surface area (Å²) in [4.78, 5) is 0. The Kier molecular flexibility index (Phi) is 10.6. The van der Waals surface area contributed by atoms with E-state index in [4.69, 9.17) is 24.1 Å². The number of terminal acetylenes is 1. The van der Waals surface area contributed by atoms with Gasteiger partial charge in [0.25, 0.3) is 0 Å². The van der Waals surface area contributed by atoms with Crippen molar-refractivity contribution < 1.29 is 17.7 Å². The molecule has 0 radical (unpaired) electrons. The molecule has 0 bridgehead atoms. The quantitative estimate of drug-likeness (QED) is 0.156. The van der Waals surface area contributed by atoms with Crippen molar-refractivity contribution in [3.8, 4) is 12.3 Å². The fraction of sp³-hybridized carbons (Fsp3) is 0.297. The Morgan fingerprint density at radius 1 is 0.558 bits per heavy atom. The number of rotatable bonds is 12. The first-order chi connectivity index (χ1) is 20.5. The van der Waals surface area contributed by atoms with Crippen LogP contribution < -0.4 is 20.7 Å². The van der Waals surface area contributed by atoms with Gasteiger partial charge in [-0.1, -0.05) is 127 Å². The van der Waals surface area contributed by atoms with Gasteiger partial charge in [0.05, 0.1) is 11.2 Å². The molecular weight excluding hydrogens is 565 g/mol. The first-order valence-corrected chi connectivity index (χ1v) is 18.5. The van der Waals surface area contributed by atoms with Gasteiger partial charge in [-0.3, -0.25) is 0 Å². The van der Waals surface area contributed by atoms with Gasteiger partial charge in [0.2, 0.25) is 0 Å². The molecule has 0 heterocycles. The molecule has 4 nitrogen and oxygen atoms in total. The van der Waals surface area contributed by atoms with Gasteiger partial charge in [-0.2, -0.15) is 0 Å². The Morgan fingerprint density at radius 3 is 1.21 bits per heavy atom. The fourth-order valence-electron chi connectivity index (χ4n) is 5.10. The second-order valence-electron chi connectivity index (χ2n) is 12.5. The second-order valence-corrected chi connectivity index (χ2v) is 18.2. The van der Waals surface area contributed by atoms with Crippen LogP contribution in [0.1, 0.15) is 48.0 Å². The second kappa shape index (κ2) is 14.0. The minimum atomic E-state index is -3.25. The Bertz CT molecular complexity index is 1360. The van der Waals surface area contributed by atoms with Crippen molar-refractivity contribution in [1.29, 1.82) is 0 Å². The van der Waals surface area contributed by atoms with Crippen molar-refractivity contribution in [2.75, 3.05) is 6.61 Å². The molecule has 224 valence electrons. The van der Waals surface area contributed by atoms with Crippen LogP contribution in [0.4, 0.5) is 0 Å². The van der Waals surface area contributed by atoms with Gasteiger partial charge in [0.15, 0.2) is 0 Å². The van der Waals surface area contributed by atoms with Crippen LogP contribution >= 0.6 is 0 Å². The first-order valence-electron chi connectivity index (χ1n) is 14.9. The molecular formula is C37H44O4Si2. The lowest BCUT2D eigenvalue weighted by atomic mass is 10.2. The van der Waals surface area contributed by atoms with Crippen molar-refractivity contribution in [3.05, 3.63) is 121 Å². The topological polar surface area (TPSA) is 36.9 Å². The Morgan fingerprint density at radius 2 is 0.884 bits per heavy atom. The molecule has 0 aliphatic heterocycles. The third-order valence-corrected chi connectivity index (χ3v) is 14.1. The number of hydrogen-bond donors (Lipinski definition) is 0. The van der Waals surface area contributed by atoms with Crippen LogP contribution in [0.15, 0.2) is 121 Å². The van der Waals surface area contributed by atoms with E-state index in [0.29, 0.717) is 13.0 Å². The average Bonchev–Trinajstić information content (AvgIpc) is 3.00. The molecule has 6 heteroatoms. The molecule has 0 aromatic heterocycles. The van der Waals surface area contributed by atoms with Crippen molar-refractivity contribution in [3.63, 3.8) is 0 Å². The molecule has 43 heavy (non-hydrogen) atoms. The lowest BCUT2D eigenvalue weighted by molar-refractivity contribution is 0.0555. The minimum Gasteiger partial charge on any atom is -0.388 e. The Labute approximate surface area is 260 Å². The summed E-state index contributed by atoms with van der Waals surface area (Å²) in [6.07, 6.45) is 6.11. The maximum absolute atomic E-state index is 7.04. The molecule has 0 spiro atoms. The maximum Gasteiger partial charge on any atom is 0.408 e. The predicted octanol–water partition coefficient (Wildman–Crippen LogP) is 5.55. The lowest BCUT2D eigenvalue weighted by Gasteiger charge is -2.39. The smallest absolute Gasteiger partial charge is 0.388 e. The summed E-state index contributed by atoms with van der Waals surface area (Å²) in [5.41, 5.74) is -0.917. The van der Waals surface area contributed by atoms with Crippen LogP contribution in [0.5, 0.6) is 0 Å². The molecule has 0 N–H and O–H groups in total. The summed E-state index contributed by atoms with van der Waals surface area (Å²) >= 11 is 0. The largest absolute Gasteiger partial charge is 0.408 e. The molecule has 0 aliphatic rings. The highest BCUT2D eigenvalue weighted by Crippen LogP contribution is 2.23. The van der Waals surface area contributed by atoms with E-state index in [1.165, 1.54) is 0 Å². The van der Waals surface area contributed by atoms with Gasteiger partial charge in [-0.05, 0) is 62.3 Å². The highest BCUT2D eigenvalue weighted by molar-refractivity contribution is 6.93. The molecule has 0 amide bonds. The highest BCUT2D eigenvalue weighted by atomic mass is 28.4. The third kappa shape index (κ3) is 8.42. The standard InChI is InChI=1S/C37H44O4Si2/c1-8-31(39-43(41-37(5,6)7,34-25-17-11-18-26-34)35-27-19-12-20-28-35)29-30-38-42(40-36(2,3)4,32-21-13-9-14-22-32)33-23-15-10-16-24-33/h1,9-28,31H,29-30H2,2-7H3/t31-/m1/s1. The van der Waals surface area contributed by atoms with Crippen molar-refractivity contribution in [2.24, 2.45) is 0 Å². The molecule has 4 aromatic carbocycles. The normalized spacial score (nSPS) is 13.3. The van der Waals surface area contributed by atoms with Gasteiger partial charge in [0.1, 0.15) is 6.10 Å². The van der Waals surface area contributed by atoms with Gasteiger partial charge >= 0.3 is 17.1 Å². The van der Waals surface area contributed by atoms with E-state index in [2.05, 4.69) is 96.0 Å². The van der Waals surface area contributed by atoms with Crippen molar-refractivity contribution in [1.82, 2.24) is 0 Å². The summed E-state index contributed by atoms with van der Waals surface area (Å²) in [5.74, 6) is 2.92. The zero-order valence-electron chi connectivity index (χ0n) is 26.2. The molecule has 0 unspecified atom stereocenters. The van der Waals surface area contributed by atoms with Crippen LogP contribution in [-0.2, 0) is 17.7 Å². The molecule has 0 saturated carbocycles. The van der Waals surface area contributed by atoms with E-state index in [-0.39, 0.29) is 0 Å². The van der Waals surface area contributed by atoms with Crippen molar-refractivity contribution >= 4 is 37.9 Å². The van der Waals surface area contributed by atoms with Crippen LogP contribution in [-0.4, -0.2) is 41.0 Å². The summed E-state index contributed by atoms with van der Waals surface area (Å²) in [5, 5.41) is 4.10. The summed E-state index contributed by atoms with van der Waals surface area (Å²) in [6.45, 7) is 12.7. The molecule has 1 atom stereocenters. The van der Waals surface area contributed by atoms with Crippen LogP contribution in [0.3, 0.4) is 0 Å². The fourth-order valence-corrected chi connectivity index (χ4v) is 12.2. The van der Waals surface area contributed by atoms with E-state index < -0.39 is 34.4 Å². The maximum atomic E-state index is 7.04. The number of benzene rings is 4. The monoisotopic (exact) mass is 608 g/mol. The summed E-state index contributed by atoms with van der Waals surface area (Å²) in [6, 6.07) is 41.0. The van der Waals surface area contributed by atoms with E-state index in [1.807, 2.05) is 72.8 Å². The summed E-state index contributed by atoms with van der Waals surface area (Å²) in [7, 11) is -6.38. The Hall–Kier alpha value is -3.29. The lowest BCUT2D eigenvalue weighted by Crippen LogP contribution is -2.67. The van der Waals surface area contributed by atoms with Crippen LogP contribution in [0.2, 0.25) is 0 Å². The first kappa shape index (κ1) is 32.6. The minimum absolute atomic E-state index is 0.352. The number of hydrogen-bond acceptors (Lipinski definition) is 4. The van der Waals surface area contributed by atoms with E-state index >= 15 is 0 Å². The predicted molar refractivity (Wildman–Crippen MR) is 182 cm³/mol. The van der Waals surface area contributed by atoms with Crippen LogP contribution in [0.25, 0.3) is 0 Å². The van der Waals surface area contributed by atoms with Crippen molar-refractivity contribution in [2.45, 2.75) is 65.3 Å². The summed E-state index contributed by atoms with van der Waals surface area (Å²) < 4.78 is 27.9. The van der Waals surface area contributed by atoms with E-state index in [0.717, 1.165) is 20.7 Å². The van der Waals surface area contributed by atoms with Gasteiger partial charge in [-0.25, -0.2) is 0 Å². The van der Waals surface area contributed by atoms with Gasteiger partial charge in [-0.15, -0.1) is 6.42 Å². The highest BCUT2D eigenvalue weighted by Gasteiger charge is 2.48. The van der Waals surface area contributed by atoms with Crippen LogP contribution in [0, 0.1) is 12.3 Å². The average molecular weight is 609 g/mol.